The molecule has 0 aromatic heterocycles. The molecular formula is C52H78N6O4. The lowest BCUT2D eigenvalue weighted by Gasteiger charge is -2.41. The average Bonchev–Trinajstić information content (AvgIpc) is 3.26. The molecule has 1 saturated carbocycles. The molecule has 4 aromatic rings. The van der Waals surface area contributed by atoms with Gasteiger partial charge in [-0.05, 0) is 79.8 Å². The molecule has 1 aliphatic carbocycles. The Bertz CT molecular complexity index is 1780. The Kier molecular flexibility index (Phi) is 26.5. The van der Waals surface area contributed by atoms with Crippen LogP contribution in [-0.4, -0.2) is 61.6 Å². The van der Waals surface area contributed by atoms with E-state index in [9.17, 15) is 14.4 Å². The molecule has 0 unspecified atom stereocenters. The first-order chi connectivity index (χ1) is 29.7. The summed E-state index contributed by atoms with van der Waals surface area (Å²) in [5.74, 6) is 1.32. The van der Waals surface area contributed by atoms with Crippen LogP contribution in [0.5, 0.6) is 5.75 Å². The number of anilines is 2. The van der Waals surface area contributed by atoms with Crippen molar-refractivity contribution in [3.05, 3.63) is 126 Å². The van der Waals surface area contributed by atoms with Gasteiger partial charge in [0.1, 0.15) is 5.75 Å². The van der Waals surface area contributed by atoms with Crippen molar-refractivity contribution in [3.63, 3.8) is 0 Å². The number of hydrogen-bond donors (Lipinski definition) is 6. The summed E-state index contributed by atoms with van der Waals surface area (Å²) < 4.78 is 5.19. The van der Waals surface area contributed by atoms with Crippen LogP contribution in [0.2, 0.25) is 0 Å². The maximum Gasteiger partial charge on any atom is 0.251 e. The van der Waals surface area contributed by atoms with Crippen LogP contribution in [0.1, 0.15) is 123 Å². The first-order valence-electron chi connectivity index (χ1n) is 22.6. The number of methoxy groups -OCH3 is 1. The van der Waals surface area contributed by atoms with Crippen molar-refractivity contribution in [2.45, 2.75) is 137 Å². The van der Waals surface area contributed by atoms with Crippen molar-refractivity contribution in [1.29, 1.82) is 0 Å². The normalized spacial score (nSPS) is 12.8. The van der Waals surface area contributed by atoms with Crippen molar-refractivity contribution < 1.29 is 19.1 Å². The predicted octanol–water partition coefficient (Wildman–Crippen LogP) is 10.4. The van der Waals surface area contributed by atoms with Gasteiger partial charge < -0.3 is 36.6 Å². The fourth-order valence-corrected chi connectivity index (χ4v) is 6.61. The van der Waals surface area contributed by atoms with Gasteiger partial charge in [0.25, 0.3) is 5.91 Å². The van der Waals surface area contributed by atoms with E-state index in [-0.39, 0.29) is 23.3 Å². The maximum absolute atomic E-state index is 12.5. The largest absolute Gasteiger partial charge is 0.497 e. The second-order valence-electron chi connectivity index (χ2n) is 17.0. The summed E-state index contributed by atoms with van der Waals surface area (Å²) in [5, 5.41) is 18.9. The van der Waals surface area contributed by atoms with E-state index < -0.39 is 0 Å². The number of carbonyl (C=O) groups is 3. The van der Waals surface area contributed by atoms with Gasteiger partial charge in [0.2, 0.25) is 11.8 Å². The zero-order chi connectivity index (χ0) is 45.6. The van der Waals surface area contributed by atoms with E-state index in [4.69, 9.17) is 4.74 Å². The van der Waals surface area contributed by atoms with Crippen molar-refractivity contribution >= 4 is 29.1 Å². The van der Waals surface area contributed by atoms with Crippen LogP contribution >= 0.6 is 0 Å². The summed E-state index contributed by atoms with van der Waals surface area (Å²) in [6.07, 6.45) is 7.80. The van der Waals surface area contributed by atoms with Crippen molar-refractivity contribution in [2.24, 2.45) is 5.92 Å². The minimum Gasteiger partial charge on any atom is -0.497 e. The third-order valence-corrected chi connectivity index (χ3v) is 10.3. The molecule has 1 aliphatic rings. The quantitative estimate of drug-likeness (QED) is 0.0550. The number of carbonyl (C=O) groups excluding carboxylic acids is 3. The highest BCUT2D eigenvalue weighted by Gasteiger charge is 2.36. The second-order valence-corrected chi connectivity index (χ2v) is 17.0. The molecule has 0 atom stereocenters. The molecule has 0 spiro atoms. The second kappa shape index (κ2) is 30.9. The first-order valence-corrected chi connectivity index (χ1v) is 22.6. The molecule has 0 bridgehead atoms. The monoisotopic (exact) mass is 851 g/mol. The van der Waals surface area contributed by atoms with Crippen molar-refractivity contribution in [1.82, 2.24) is 21.3 Å². The van der Waals surface area contributed by atoms with Crippen molar-refractivity contribution in [3.8, 4) is 5.75 Å². The average molecular weight is 851 g/mol. The fraction of sp³-hybridized carbons (Fsp3) is 0.481. The van der Waals surface area contributed by atoms with Gasteiger partial charge in [-0.15, -0.1) is 0 Å². The van der Waals surface area contributed by atoms with Gasteiger partial charge in [-0.2, -0.15) is 0 Å². The van der Waals surface area contributed by atoms with Gasteiger partial charge in [0, 0.05) is 66.5 Å². The molecule has 3 amide bonds. The van der Waals surface area contributed by atoms with Gasteiger partial charge in [-0.1, -0.05) is 147 Å². The Morgan fingerprint density at radius 3 is 1.58 bits per heavy atom. The number of para-hydroxylation sites is 2. The summed E-state index contributed by atoms with van der Waals surface area (Å²) >= 11 is 0. The molecule has 1 fully saturated rings. The van der Waals surface area contributed by atoms with E-state index in [0.717, 1.165) is 56.0 Å². The Morgan fingerprint density at radius 2 is 1.08 bits per heavy atom. The Balaban J connectivity index is 0.000000290. The number of benzene rings is 4. The first kappa shape index (κ1) is 53.1. The van der Waals surface area contributed by atoms with E-state index >= 15 is 0 Å². The number of hydrogen-bond acceptors (Lipinski definition) is 7. The topological polar surface area (TPSA) is 133 Å². The van der Waals surface area contributed by atoms with Gasteiger partial charge in [-0.25, -0.2) is 0 Å². The van der Waals surface area contributed by atoms with Crippen LogP contribution in [0, 0.1) is 5.92 Å². The lowest BCUT2D eigenvalue weighted by Crippen LogP contribution is -2.53. The molecule has 0 aliphatic heterocycles. The summed E-state index contributed by atoms with van der Waals surface area (Å²) in [6, 6.07) is 38.3. The summed E-state index contributed by atoms with van der Waals surface area (Å²) in [6.45, 7) is 19.6. The SMILES string of the molecule is CC(C)NCCC(=O)Nc1ccccc1.CC(C)NCCCC(=O)Nc1ccccc1.CC(C)NCc1ccccc1.COc1cccc(C(=O)NC2(C(C)C)CCCCC2)c1. The molecule has 0 heterocycles. The Hall–Kier alpha value is -5.03. The summed E-state index contributed by atoms with van der Waals surface area (Å²) in [5.41, 5.74) is 3.70. The molecule has 4 aromatic carbocycles. The third-order valence-electron chi connectivity index (χ3n) is 10.3. The van der Waals surface area contributed by atoms with Crippen LogP contribution in [0.3, 0.4) is 0 Å². The van der Waals surface area contributed by atoms with Crippen LogP contribution in [0.15, 0.2) is 115 Å². The lowest BCUT2D eigenvalue weighted by molar-refractivity contribution is -0.117. The number of ether oxygens (including phenoxy) is 1. The van der Waals surface area contributed by atoms with E-state index in [2.05, 4.69) is 112 Å². The van der Waals surface area contributed by atoms with Crippen LogP contribution < -0.4 is 36.6 Å². The lowest BCUT2D eigenvalue weighted by atomic mass is 9.74. The highest BCUT2D eigenvalue weighted by Crippen LogP contribution is 2.34. The zero-order valence-corrected chi connectivity index (χ0v) is 39.2. The number of nitrogens with one attached hydrogen (secondary N) is 6. The molecule has 10 heteroatoms. The standard InChI is InChI=1S/C17H25NO2.C13H20N2O.C12H18N2O.C10H15N/c1-13(2)17(10-5-4-6-11-17)18-16(19)14-8-7-9-15(12-14)20-3;1-11(2)14-10-6-9-13(16)15-12-7-4-3-5-8-12;1-10(2)13-9-8-12(15)14-11-6-4-3-5-7-11;1-9(2)11-8-10-6-4-3-5-7-10/h7-9,12-13H,4-6,10-11H2,1-3H3,(H,18,19);3-5,7-8,11,14H,6,9-10H2,1-2H3,(H,15,16);3-7,10,13H,8-9H2,1-2H3,(H,14,15);3-7,9,11H,8H2,1-2H3. The minimum atomic E-state index is -0.0432. The van der Waals surface area contributed by atoms with Crippen LogP contribution in [0.4, 0.5) is 11.4 Å². The summed E-state index contributed by atoms with van der Waals surface area (Å²) in [4.78, 5) is 35.5. The fourth-order valence-electron chi connectivity index (χ4n) is 6.61. The molecule has 5 rings (SSSR count). The minimum absolute atomic E-state index is 0.0134. The molecule has 0 radical (unpaired) electrons. The van der Waals surface area contributed by atoms with Gasteiger partial charge in [0.15, 0.2) is 0 Å². The highest BCUT2D eigenvalue weighted by atomic mass is 16.5. The van der Waals surface area contributed by atoms with Crippen LogP contribution in [0.25, 0.3) is 0 Å². The number of amides is 3. The maximum atomic E-state index is 12.5. The molecule has 6 N–H and O–H groups in total. The predicted molar refractivity (Wildman–Crippen MR) is 260 cm³/mol. The molecule has 0 saturated heterocycles. The molecule has 340 valence electrons. The van der Waals surface area contributed by atoms with E-state index in [1.54, 1.807) is 13.2 Å². The summed E-state index contributed by atoms with van der Waals surface area (Å²) in [7, 11) is 1.62. The van der Waals surface area contributed by atoms with Gasteiger partial charge >= 0.3 is 0 Å². The third kappa shape index (κ3) is 23.8. The van der Waals surface area contributed by atoms with E-state index in [0.29, 0.717) is 42.4 Å². The number of rotatable bonds is 18. The Labute approximate surface area is 374 Å². The van der Waals surface area contributed by atoms with Gasteiger partial charge in [0.05, 0.1) is 7.11 Å². The molecular weight excluding hydrogens is 773 g/mol. The highest BCUT2D eigenvalue weighted by molar-refractivity contribution is 5.95. The van der Waals surface area contributed by atoms with E-state index in [1.165, 1.54) is 24.8 Å². The van der Waals surface area contributed by atoms with E-state index in [1.807, 2.05) is 84.9 Å². The molecule has 10 nitrogen and oxygen atoms in total. The van der Waals surface area contributed by atoms with Crippen LogP contribution in [-0.2, 0) is 16.1 Å². The smallest absolute Gasteiger partial charge is 0.251 e. The van der Waals surface area contributed by atoms with Gasteiger partial charge in [-0.3, -0.25) is 14.4 Å². The Morgan fingerprint density at radius 1 is 0.581 bits per heavy atom. The zero-order valence-electron chi connectivity index (χ0n) is 39.2. The van der Waals surface area contributed by atoms with Crippen molar-refractivity contribution in [2.75, 3.05) is 30.8 Å². The molecule has 62 heavy (non-hydrogen) atoms.